The van der Waals surface area contributed by atoms with Crippen LogP contribution in [0.4, 0.5) is 5.69 Å². The minimum atomic E-state index is -0.857. The van der Waals surface area contributed by atoms with Crippen molar-refractivity contribution in [2.45, 2.75) is 25.8 Å². The lowest BCUT2D eigenvalue weighted by Crippen LogP contribution is -2.39. The number of rotatable bonds is 7. The topological polar surface area (TPSA) is 66.8 Å². The van der Waals surface area contributed by atoms with Crippen molar-refractivity contribution in [1.29, 1.82) is 0 Å². The van der Waals surface area contributed by atoms with Gasteiger partial charge >= 0.3 is 5.97 Å². The molecule has 0 aromatic heterocycles. The normalized spacial score (nSPS) is 15.7. The third-order valence-electron chi connectivity index (χ3n) is 4.44. The largest absolute Gasteiger partial charge is 0.494 e. The molecule has 0 spiro atoms. The molecule has 0 bridgehead atoms. The molecule has 0 saturated carbocycles. The van der Waals surface area contributed by atoms with Crippen LogP contribution in [0.1, 0.15) is 29.3 Å². The summed E-state index contributed by atoms with van der Waals surface area (Å²) in [6.45, 7) is 2.88. The molecule has 0 fully saturated rings. The van der Waals surface area contributed by atoms with Crippen LogP contribution in [0, 0.1) is 0 Å². The van der Waals surface area contributed by atoms with Crippen LogP contribution in [0.3, 0.4) is 0 Å². The number of benzene rings is 2. The average molecular weight is 339 g/mol. The summed E-state index contributed by atoms with van der Waals surface area (Å²) in [6, 6.07) is 14.1. The van der Waals surface area contributed by atoms with Gasteiger partial charge in [-0.15, -0.1) is 0 Å². The molecule has 0 amide bonds. The van der Waals surface area contributed by atoms with Crippen LogP contribution in [-0.4, -0.2) is 36.1 Å². The number of carbonyl (C=O) groups excluding carboxylic acids is 1. The molecular weight excluding hydrogens is 318 g/mol. The highest BCUT2D eigenvalue weighted by Crippen LogP contribution is 2.32. The van der Waals surface area contributed by atoms with Crippen molar-refractivity contribution in [3.05, 3.63) is 59.7 Å². The molecular formula is C20H21NO4. The smallest absolute Gasteiger partial charge is 0.326 e. The van der Waals surface area contributed by atoms with E-state index in [1.54, 1.807) is 24.3 Å². The third-order valence-corrected chi connectivity index (χ3v) is 4.44. The number of para-hydroxylation sites is 1. The second-order valence-corrected chi connectivity index (χ2v) is 6.01. The number of aliphatic carboxylic acids is 1. The maximum Gasteiger partial charge on any atom is 0.326 e. The quantitative estimate of drug-likeness (QED) is 0.785. The van der Waals surface area contributed by atoms with E-state index in [0.29, 0.717) is 25.1 Å². The maximum atomic E-state index is 12.4. The number of hydrogen-bond donors (Lipinski definition) is 1. The zero-order valence-electron chi connectivity index (χ0n) is 14.1. The Bertz CT molecular complexity index is 770. The summed E-state index contributed by atoms with van der Waals surface area (Å²) in [5, 5.41) is 9.48. The molecule has 0 saturated heterocycles. The summed E-state index contributed by atoms with van der Waals surface area (Å²) in [5.41, 5.74) is 2.54. The highest BCUT2D eigenvalue weighted by atomic mass is 16.5. The van der Waals surface area contributed by atoms with Crippen LogP contribution in [0.5, 0.6) is 5.75 Å². The predicted octanol–water partition coefficient (Wildman–Crippen LogP) is 3.17. The van der Waals surface area contributed by atoms with Gasteiger partial charge in [0, 0.05) is 30.6 Å². The molecule has 0 aliphatic carbocycles. The molecule has 0 radical (unpaired) electrons. The lowest BCUT2D eigenvalue weighted by Gasteiger charge is -2.24. The van der Waals surface area contributed by atoms with Gasteiger partial charge in [0.2, 0.25) is 0 Å². The highest BCUT2D eigenvalue weighted by molar-refractivity contribution is 5.96. The van der Waals surface area contributed by atoms with E-state index >= 15 is 0 Å². The summed E-state index contributed by atoms with van der Waals surface area (Å²) in [7, 11) is 0. The van der Waals surface area contributed by atoms with Gasteiger partial charge in [-0.05, 0) is 42.8 Å². The molecule has 3 rings (SSSR count). The molecule has 1 unspecified atom stereocenters. The molecule has 130 valence electrons. The number of fused-ring (bicyclic) bond motifs is 1. The van der Waals surface area contributed by atoms with Gasteiger partial charge in [0.25, 0.3) is 0 Å². The number of hydrogen-bond acceptors (Lipinski definition) is 4. The molecule has 1 atom stereocenters. The predicted molar refractivity (Wildman–Crippen MR) is 95.5 cm³/mol. The van der Waals surface area contributed by atoms with Crippen LogP contribution >= 0.6 is 0 Å². The summed E-state index contributed by atoms with van der Waals surface area (Å²) in [4.78, 5) is 25.8. The Hall–Kier alpha value is -2.82. The van der Waals surface area contributed by atoms with Crippen molar-refractivity contribution in [3.8, 4) is 5.75 Å². The summed E-state index contributed by atoms with van der Waals surface area (Å²) in [6.07, 6.45) is 0.745. The Morgan fingerprint density at radius 3 is 2.56 bits per heavy atom. The standard InChI is InChI=1S/C20H21NO4/c1-2-25-16-9-7-14(8-10-16)19(22)11-12-21-17-6-4-3-5-15(17)13-18(21)20(23)24/h3-10,18H,2,11-13H2,1H3,(H,23,24). The Morgan fingerprint density at radius 1 is 1.16 bits per heavy atom. The molecule has 25 heavy (non-hydrogen) atoms. The van der Waals surface area contributed by atoms with E-state index < -0.39 is 12.0 Å². The van der Waals surface area contributed by atoms with E-state index in [-0.39, 0.29) is 12.2 Å². The minimum absolute atomic E-state index is 0.00318. The molecule has 1 heterocycles. The van der Waals surface area contributed by atoms with E-state index in [9.17, 15) is 14.7 Å². The molecule has 2 aromatic carbocycles. The van der Waals surface area contributed by atoms with Gasteiger partial charge in [-0.3, -0.25) is 4.79 Å². The zero-order chi connectivity index (χ0) is 17.8. The van der Waals surface area contributed by atoms with Crippen LogP contribution in [0.2, 0.25) is 0 Å². The van der Waals surface area contributed by atoms with Crippen molar-refractivity contribution in [1.82, 2.24) is 0 Å². The van der Waals surface area contributed by atoms with Gasteiger partial charge in [-0.25, -0.2) is 4.79 Å². The lowest BCUT2D eigenvalue weighted by atomic mass is 10.1. The first-order chi connectivity index (χ1) is 12.1. The summed E-state index contributed by atoms with van der Waals surface area (Å²) in [5.74, 6) is -0.125. The number of ketones is 1. The molecule has 1 aliphatic heterocycles. The van der Waals surface area contributed by atoms with Crippen LogP contribution in [0.15, 0.2) is 48.5 Å². The number of anilines is 1. The molecule has 1 N–H and O–H groups in total. The zero-order valence-corrected chi connectivity index (χ0v) is 14.1. The minimum Gasteiger partial charge on any atom is -0.494 e. The third kappa shape index (κ3) is 3.65. The van der Waals surface area contributed by atoms with Crippen LogP contribution < -0.4 is 9.64 Å². The maximum absolute atomic E-state index is 12.4. The summed E-state index contributed by atoms with van der Waals surface area (Å²) >= 11 is 0. The van der Waals surface area contributed by atoms with Crippen molar-refractivity contribution in [2.24, 2.45) is 0 Å². The van der Waals surface area contributed by atoms with E-state index in [0.717, 1.165) is 17.0 Å². The fraction of sp³-hybridized carbons (Fsp3) is 0.300. The van der Waals surface area contributed by atoms with Gasteiger partial charge in [-0.2, -0.15) is 0 Å². The first kappa shape index (κ1) is 17.0. The number of carboxylic acids is 1. The second-order valence-electron chi connectivity index (χ2n) is 6.01. The fourth-order valence-corrected chi connectivity index (χ4v) is 3.22. The number of ether oxygens (including phenoxy) is 1. The molecule has 5 heteroatoms. The van der Waals surface area contributed by atoms with E-state index in [1.807, 2.05) is 36.1 Å². The van der Waals surface area contributed by atoms with Gasteiger partial charge in [0.1, 0.15) is 11.8 Å². The van der Waals surface area contributed by atoms with Crippen LogP contribution in [0.25, 0.3) is 0 Å². The number of Topliss-reactive ketones (excluding diaryl/α,β-unsaturated/α-hetero) is 1. The second kappa shape index (κ2) is 7.38. The van der Waals surface area contributed by atoms with Crippen molar-refractivity contribution in [3.63, 3.8) is 0 Å². The molecule has 1 aliphatic rings. The number of carboxylic acid groups (broad SMARTS) is 1. The van der Waals surface area contributed by atoms with Gasteiger partial charge in [-0.1, -0.05) is 18.2 Å². The van der Waals surface area contributed by atoms with E-state index in [1.165, 1.54) is 0 Å². The Labute approximate surface area is 146 Å². The Kier molecular flexibility index (Phi) is 5.03. The van der Waals surface area contributed by atoms with Crippen molar-refractivity contribution >= 4 is 17.4 Å². The fourth-order valence-electron chi connectivity index (χ4n) is 3.22. The first-order valence-corrected chi connectivity index (χ1v) is 8.43. The average Bonchev–Trinajstić information content (AvgIpc) is 2.99. The van der Waals surface area contributed by atoms with Gasteiger partial charge in [0.15, 0.2) is 5.78 Å². The first-order valence-electron chi connectivity index (χ1n) is 8.43. The van der Waals surface area contributed by atoms with Crippen molar-refractivity contribution in [2.75, 3.05) is 18.1 Å². The summed E-state index contributed by atoms with van der Waals surface area (Å²) < 4.78 is 5.38. The van der Waals surface area contributed by atoms with E-state index in [4.69, 9.17) is 4.74 Å². The molecule has 5 nitrogen and oxygen atoms in total. The number of nitrogens with zero attached hydrogens (tertiary/aromatic N) is 1. The Balaban J connectivity index is 1.69. The Morgan fingerprint density at radius 2 is 1.88 bits per heavy atom. The van der Waals surface area contributed by atoms with Crippen molar-refractivity contribution < 1.29 is 19.4 Å². The SMILES string of the molecule is CCOc1ccc(C(=O)CCN2c3ccccc3CC2C(=O)O)cc1. The van der Waals surface area contributed by atoms with Gasteiger partial charge < -0.3 is 14.7 Å². The van der Waals surface area contributed by atoms with Gasteiger partial charge in [0.05, 0.1) is 6.61 Å². The van der Waals surface area contributed by atoms with E-state index in [2.05, 4.69) is 0 Å². The molecule has 2 aromatic rings. The lowest BCUT2D eigenvalue weighted by molar-refractivity contribution is -0.138. The highest BCUT2D eigenvalue weighted by Gasteiger charge is 2.34. The monoisotopic (exact) mass is 339 g/mol. The number of carbonyl (C=O) groups is 2. The van der Waals surface area contributed by atoms with Crippen LogP contribution in [-0.2, 0) is 11.2 Å².